The van der Waals surface area contributed by atoms with Crippen LogP contribution in [-0.4, -0.2) is 33.7 Å². The summed E-state index contributed by atoms with van der Waals surface area (Å²) < 4.78 is 26.8. The highest BCUT2D eigenvalue weighted by molar-refractivity contribution is 7.13. The van der Waals surface area contributed by atoms with E-state index in [-0.39, 0.29) is 23.0 Å². The number of esters is 1. The van der Waals surface area contributed by atoms with Crippen molar-refractivity contribution >= 4 is 25.6 Å². The zero-order valence-electron chi connectivity index (χ0n) is 23.7. The van der Waals surface area contributed by atoms with Gasteiger partial charge in [0.25, 0.3) is 0 Å². The molecule has 3 nitrogen and oxygen atoms in total. The zero-order chi connectivity index (χ0) is 26.6. The van der Waals surface area contributed by atoms with Crippen molar-refractivity contribution in [1.29, 1.82) is 0 Å². The molecule has 2 saturated carbocycles. The predicted octanol–water partition coefficient (Wildman–Crippen LogP) is 9.14. The average Bonchev–Trinajstić information content (AvgIpc) is 3.39. The fourth-order valence-electron chi connectivity index (χ4n) is 5.78. The van der Waals surface area contributed by atoms with E-state index < -0.39 is 14.5 Å². The summed E-state index contributed by atoms with van der Waals surface area (Å²) in [6.45, 7) is 14.0. The minimum absolute atomic E-state index is 0.0199. The van der Waals surface area contributed by atoms with Gasteiger partial charge in [0.2, 0.25) is 0 Å². The quantitative estimate of drug-likeness (QED) is 0.152. The van der Waals surface area contributed by atoms with E-state index in [0.717, 1.165) is 32.1 Å². The van der Waals surface area contributed by atoms with Crippen LogP contribution < -0.4 is 0 Å². The van der Waals surface area contributed by atoms with E-state index in [0.29, 0.717) is 22.6 Å². The number of hydrogen-bond donors (Lipinski definition) is 0. The van der Waals surface area contributed by atoms with E-state index in [1.54, 1.807) is 0 Å². The summed E-state index contributed by atoms with van der Waals surface area (Å²) in [7, 11) is -0.463. The first kappa shape index (κ1) is 29.6. The first-order valence-electron chi connectivity index (χ1n) is 14.1. The highest BCUT2D eigenvalue weighted by Crippen LogP contribution is 2.51. The summed E-state index contributed by atoms with van der Waals surface area (Å²) in [4.78, 5) is 13.6. The molecule has 3 rings (SSSR count). The molecular weight excluding hydrogens is 487 g/mol. The summed E-state index contributed by atoms with van der Waals surface area (Å²) in [6, 6.07) is 3.87. The van der Waals surface area contributed by atoms with Crippen LogP contribution in [-0.2, 0) is 15.6 Å². The van der Waals surface area contributed by atoms with Gasteiger partial charge in [-0.3, -0.25) is 0 Å². The third-order valence-electron chi connectivity index (χ3n) is 9.51. The van der Waals surface area contributed by atoms with Gasteiger partial charge in [-0.15, -0.1) is 11.3 Å². The van der Waals surface area contributed by atoms with Gasteiger partial charge in [0.05, 0.1) is 13.2 Å². The normalized spacial score (nSPS) is 25.2. The van der Waals surface area contributed by atoms with Gasteiger partial charge >= 0.3 is 5.97 Å². The Labute approximate surface area is 224 Å². The number of carbonyl (C=O) groups excluding carboxylic acids is 1. The topological polar surface area (TPSA) is 35.5 Å². The number of thiophene rings is 1. The van der Waals surface area contributed by atoms with Crippen molar-refractivity contribution in [3.63, 3.8) is 0 Å². The number of methoxy groups -OCH3 is 1. The van der Waals surface area contributed by atoms with Gasteiger partial charge in [-0.05, 0) is 99.4 Å². The molecule has 0 bridgehead atoms. The van der Waals surface area contributed by atoms with Crippen molar-refractivity contribution in [2.75, 3.05) is 7.11 Å². The van der Waals surface area contributed by atoms with Crippen LogP contribution in [0.4, 0.5) is 4.39 Å². The number of rotatable bonds is 12. The smallest absolute Gasteiger partial charge is 0.348 e. The van der Waals surface area contributed by atoms with Crippen LogP contribution in [0.15, 0.2) is 24.3 Å². The molecule has 2 fully saturated rings. The molecule has 0 spiro atoms. The minimum atomic E-state index is -1.88. The summed E-state index contributed by atoms with van der Waals surface area (Å²) in [6.07, 6.45) is 14.5. The molecule has 1 aromatic rings. The maximum Gasteiger partial charge on any atom is 0.348 e. The van der Waals surface area contributed by atoms with Crippen LogP contribution in [0.25, 0.3) is 0 Å². The van der Waals surface area contributed by atoms with Crippen LogP contribution in [0.2, 0.25) is 18.1 Å². The van der Waals surface area contributed by atoms with Crippen LogP contribution >= 0.6 is 11.3 Å². The SMILES string of the molecule is CCC1(C(CC=C[C@@H]2[C@@H](CCCc3ccc(C(=O)OC)s3)CC[C@H]2F)O[Si](C)(C)C(C)(C)C)CCC1. The summed E-state index contributed by atoms with van der Waals surface area (Å²) in [5, 5.41) is 0.189. The van der Waals surface area contributed by atoms with E-state index in [9.17, 15) is 9.18 Å². The van der Waals surface area contributed by atoms with Gasteiger partial charge in [0.1, 0.15) is 11.0 Å². The first-order valence-corrected chi connectivity index (χ1v) is 17.8. The van der Waals surface area contributed by atoms with Crippen molar-refractivity contribution in [2.24, 2.45) is 17.3 Å². The molecule has 0 N–H and O–H groups in total. The fourth-order valence-corrected chi connectivity index (χ4v) is 8.16. The molecule has 0 saturated heterocycles. The maximum atomic E-state index is 14.9. The van der Waals surface area contributed by atoms with E-state index in [4.69, 9.17) is 9.16 Å². The lowest BCUT2D eigenvalue weighted by Crippen LogP contribution is -2.51. The number of aryl methyl sites for hydroxylation is 1. The summed E-state index contributed by atoms with van der Waals surface area (Å²) in [5.41, 5.74) is 0.299. The number of alkyl halides is 1. The van der Waals surface area contributed by atoms with Crippen molar-refractivity contribution in [1.82, 2.24) is 0 Å². The highest BCUT2D eigenvalue weighted by atomic mass is 32.1. The lowest BCUT2D eigenvalue weighted by molar-refractivity contribution is -0.0272. The summed E-state index contributed by atoms with van der Waals surface area (Å²) >= 11 is 1.51. The molecule has 1 heterocycles. The molecular formula is C30H49FO3SSi. The number of allylic oxidation sites excluding steroid dienone is 1. The molecule has 204 valence electrons. The van der Waals surface area contributed by atoms with Crippen LogP contribution in [0.5, 0.6) is 0 Å². The Morgan fingerprint density at radius 1 is 1.28 bits per heavy atom. The Morgan fingerprint density at radius 3 is 2.58 bits per heavy atom. The van der Waals surface area contributed by atoms with Crippen LogP contribution in [0, 0.1) is 17.3 Å². The number of ether oxygens (including phenoxy) is 1. The molecule has 0 radical (unpaired) electrons. The molecule has 4 atom stereocenters. The first-order chi connectivity index (χ1) is 16.9. The van der Waals surface area contributed by atoms with Crippen molar-refractivity contribution in [3.8, 4) is 0 Å². The van der Waals surface area contributed by atoms with Crippen molar-refractivity contribution in [2.45, 2.75) is 122 Å². The molecule has 2 aliphatic rings. The Kier molecular flexibility index (Phi) is 10.1. The van der Waals surface area contributed by atoms with Gasteiger partial charge in [0.15, 0.2) is 8.32 Å². The second-order valence-electron chi connectivity index (χ2n) is 12.7. The third kappa shape index (κ3) is 6.90. The zero-order valence-corrected chi connectivity index (χ0v) is 25.5. The van der Waals surface area contributed by atoms with Gasteiger partial charge in [-0.25, -0.2) is 9.18 Å². The number of halogens is 1. The number of hydrogen-bond acceptors (Lipinski definition) is 4. The lowest BCUT2D eigenvalue weighted by atomic mass is 9.63. The third-order valence-corrected chi connectivity index (χ3v) is 15.1. The molecule has 0 aliphatic heterocycles. The largest absolute Gasteiger partial charge is 0.465 e. The second-order valence-corrected chi connectivity index (χ2v) is 18.6. The Hall–Kier alpha value is -0.983. The van der Waals surface area contributed by atoms with Gasteiger partial charge in [-0.1, -0.05) is 46.3 Å². The molecule has 6 heteroatoms. The van der Waals surface area contributed by atoms with Crippen LogP contribution in [0.1, 0.15) is 100 Å². The standard InChI is InChI=1S/C30H49FO3SSi/c1-8-30(20-11-21-30)27(34-36(6,7)29(2,3)4)15-10-14-24-22(16-18-25(24)31)12-9-13-23-17-19-26(35-23)28(32)33-5/h10,14,17,19,22,24-25,27H,8-9,11-13,15-16,18,20-21H2,1-7H3/t22-,24+,25+,27?/m0/s1. The molecule has 1 unspecified atom stereocenters. The monoisotopic (exact) mass is 536 g/mol. The van der Waals surface area contributed by atoms with E-state index >= 15 is 0 Å². The Bertz CT molecular complexity index is 877. The minimum Gasteiger partial charge on any atom is -0.465 e. The molecule has 0 aromatic carbocycles. The molecule has 0 amide bonds. The van der Waals surface area contributed by atoms with Gasteiger partial charge < -0.3 is 9.16 Å². The summed E-state index contributed by atoms with van der Waals surface area (Å²) in [5.74, 6) is 0.154. The van der Waals surface area contributed by atoms with E-state index in [1.165, 1.54) is 49.0 Å². The predicted molar refractivity (Wildman–Crippen MR) is 152 cm³/mol. The van der Waals surface area contributed by atoms with Gasteiger partial charge in [-0.2, -0.15) is 0 Å². The average molecular weight is 537 g/mol. The Morgan fingerprint density at radius 2 is 2.00 bits per heavy atom. The molecule has 1 aromatic heterocycles. The van der Waals surface area contributed by atoms with Crippen molar-refractivity contribution in [3.05, 3.63) is 34.0 Å². The maximum absolute atomic E-state index is 14.9. The van der Waals surface area contributed by atoms with E-state index in [1.807, 2.05) is 12.1 Å². The van der Waals surface area contributed by atoms with Crippen LogP contribution in [0.3, 0.4) is 0 Å². The van der Waals surface area contributed by atoms with Crippen molar-refractivity contribution < 1.29 is 18.3 Å². The second kappa shape index (κ2) is 12.3. The fraction of sp³-hybridized carbons (Fsp3) is 0.767. The highest BCUT2D eigenvalue weighted by Gasteiger charge is 2.47. The molecule has 36 heavy (non-hydrogen) atoms. The number of carbonyl (C=O) groups is 1. The lowest BCUT2D eigenvalue weighted by Gasteiger charge is -2.51. The van der Waals surface area contributed by atoms with E-state index in [2.05, 4.69) is 52.9 Å². The molecule has 2 aliphatic carbocycles. The Balaban J connectivity index is 1.59. The van der Waals surface area contributed by atoms with Gasteiger partial charge in [0, 0.05) is 10.8 Å².